The smallest absolute Gasteiger partial charge is 0.269 e. The number of aliphatic imine (C=N–C) groups is 1. The highest BCUT2D eigenvalue weighted by atomic mass is 35.5. The number of amidine groups is 1. The Bertz CT molecular complexity index is 839. The molecular formula is C17H14ClN3O3S. The van der Waals surface area contributed by atoms with Gasteiger partial charge in [-0.1, -0.05) is 35.5 Å². The molecule has 0 N–H and O–H groups in total. The van der Waals surface area contributed by atoms with Crippen molar-refractivity contribution in [2.75, 3.05) is 13.1 Å². The summed E-state index contributed by atoms with van der Waals surface area (Å²) >= 11 is 7.25. The number of hydrogen-bond donors (Lipinski definition) is 0. The lowest BCUT2D eigenvalue weighted by Gasteiger charge is -2.18. The second kappa shape index (κ2) is 7.67. The van der Waals surface area contributed by atoms with Gasteiger partial charge in [0.15, 0.2) is 5.17 Å². The molecule has 2 aromatic carbocycles. The number of rotatable bonds is 4. The average molecular weight is 376 g/mol. The molecule has 1 heterocycles. The highest BCUT2D eigenvalue weighted by Gasteiger charge is 2.25. The zero-order chi connectivity index (χ0) is 17.8. The van der Waals surface area contributed by atoms with Crippen LogP contribution in [-0.2, 0) is 5.75 Å². The molecule has 1 amide bonds. The summed E-state index contributed by atoms with van der Waals surface area (Å²) in [5.74, 6) is 0.379. The van der Waals surface area contributed by atoms with Crippen LogP contribution < -0.4 is 0 Å². The normalized spacial score (nSPS) is 13.6. The molecule has 25 heavy (non-hydrogen) atoms. The maximum absolute atomic E-state index is 12.6. The van der Waals surface area contributed by atoms with Gasteiger partial charge in [0.05, 0.1) is 11.5 Å². The SMILES string of the molecule is O=C(c1ccc(Cl)cc1)N1CCN=C1SCc1cccc([N+](=O)[O-])c1. The van der Waals surface area contributed by atoms with Crippen LogP contribution in [0.1, 0.15) is 15.9 Å². The molecular weight excluding hydrogens is 362 g/mol. The number of carbonyl (C=O) groups excluding carboxylic acids is 1. The van der Waals surface area contributed by atoms with Gasteiger partial charge in [-0.2, -0.15) is 0 Å². The third kappa shape index (κ3) is 4.18. The van der Waals surface area contributed by atoms with E-state index in [9.17, 15) is 14.9 Å². The van der Waals surface area contributed by atoms with E-state index in [2.05, 4.69) is 4.99 Å². The van der Waals surface area contributed by atoms with E-state index in [1.807, 2.05) is 6.07 Å². The van der Waals surface area contributed by atoms with Crippen molar-refractivity contribution >= 4 is 40.1 Å². The predicted octanol–water partition coefficient (Wildman–Crippen LogP) is 3.99. The Morgan fingerprint density at radius 3 is 2.76 bits per heavy atom. The Kier molecular flexibility index (Phi) is 5.35. The first-order chi connectivity index (χ1) is 12.0. The van der Waals surface area contributed by atoms with Crippen molar-refractivity contribution in [2.45, 2.75) is 5.75 Å². The minimum Gasteiger partial charge on any atom is -0.286 e. The maximum Gasteiger partial charge on any atom is 0.269 e. The molecule has 2 aromatic rings. The maximum atomic E-state index is 12.6. The van der Waals surface area contributed by atoms with E-state index in [0.717, 1.165) is 5.56 Å². The van der Waals surface area contributed by atoms with E-state index in [1.54, 1.807) is 35.2 Å². The topological polar surface area (TPSA) is 75.8 Å². The van der Waals surface area contributed by atoms with Gasteiger partial charge in [-0.25, -0.2) is 0 Å². The molecule has 0 aliphatic carbocycles. The molecule has 128 valence electrons. The Balaban J connectivity index is 1.68. The van der Waals surface area contributed by atoms with Crippen molar-refractivity contribution in [3.8, 4) is 0 Å². The van der Waals surface area contributed by atoms with Crippen molar-refractivity contribution in [1.82, 2.24) is 4.90 Å². The van der Waals surface area contributed by atoms with Crippen LogP contribution in [-0.4, -0.2) is 34.0 Å². The lowest BCUT2D eigenvalue weighted by Crippen LogP contribution is -2.32. The van der Waals surface area contributed by atoms with E-state index in [4.69, 9.17) is 11.6 Å². The largest absolute Gasteiger partial charge is 0.286 e. The Morgan fingerprint density at radius 1 is 1.28 bits per heavy atom. The summed E-state index contributed by atoms with van der Waals surface area (Å²) in [7, 11) is 0. The summed E-state index contributed by atoms with van der Waals surface area (Å²) in [6.45, 7) is 1.08. The van der Waals surface area contributed by atoms with Gasteiger partial charge in [0.1, 0.15) is 0 Å². The number of halogens is 1. The van der Waals surface area contributed by atoms with Gasteiger partial charge in [-0.15, -0.1) is 0 Å². The summed E-state index contributed by atoms with van der Waals surface area (Å²) < 4.78 is 0. The lowest BCUT2D eigenvalue weighted by molar-refractivity contribution is -0.384. The number of nitro groups is 1. The molecule has 0 atom stereocenters. The van der Waals surface area contributed by atoms with Gasteiger partial charge in [0.2, 0.25) is 0 Å². The number of non-ortho nitro benzene ring substituents is 1. The number of benzene rings is 2. The van der Waals surface area contributed by atoms with E-state index in [0.29, 0.717) is 34.6 Å². The number of nitro benzene ring substituents is 1. The highest BCUT2D eigenvalue weighted by Crippen LogP contribution is 2.23. The Labute approximate surface area is 153 Å². The van der Waals surface area contributed by atoms with Gasteiger partial charge >= 0.3 is 0 Å². The minimum atomic E-state index is -0.419. The van der Waals surface area contributed by atoms with Crippen molar-refractivity contribution in [2.24, 2.45) is 4.99 Å². The fourth-order valence-electron chi connectivity index (χ4n) is 2.39. The van der Waals surface area contributed by atoms with Gasteiger partial charge in [0, 0.05) is 35.0 Å². The Hall–Kier alpha value is -2.38. The van der Waals surface area contributed by atoms with Crippen molar-refractivity contribution in [1.29, 1.82) is 0 Å². The molecule has 0 radical (unpaired) electrons. The number of hydrogen-bond acceptors (Lipinski definition) is 5. The van der Waals surface area contributed by atoms with E-state index in [1.165, 1.54) is 23.9 Å². The Morgan fingerprint density at radius 2 is 2.04 bits per heavy atom. The van der Waals surface area contributed by atoms with Gasteiger partial charge < -0.3 is 0 Å². The number of thioether (sulfide) groups is 1. The molecule has 6 nitrogen and oxygen atoms in total. The van der Waals surface area contributed by atoms with Crippen LogP contribution in [0, 0.1) is 10.1 Å². The summed E-state index contributed by atoms with van der Waals surface area (Å²) in [5, 5.41) is 12.1. The van der Waals surface area contributed by atoms with Gasteiger partial charge in [0.25, 0.3) is 11.6 Å². The second-order valence-electron chi connectivity index (χ2n) is 5.34. The average Bonchev–Trinajstić information content (AvgIpc) is 3.09. The summed E-state index contributed by atoms with van der Waals surface area (Å²) in [5.41, 5.74) is 1.42. The molecule has 0 unspecified atom stereocenters. The molecule has 0 bridgehead atoms. The molecule has 0 aromatic heterocycles. The predicted molar refractivity (Wildman–Crippen MR) is 99.2 cm³/mol. The summed E-state index contributed by atoms with van der Waals surface area (Å²) in [4.78, 5) is 29.1. The third-order valence-corrected chi connectivity index (χ3v) is 4.96. The highest BCUT2D eigenvalue weighted by molar-refractivity contribution is 8.13. The first-order valence-corrected chi connectivity index (χ1v) is 8.89. The standard InChI is InChI=1S/C17H14ClN3O3S/c18-14-6-4-13(5-7-14)16(22)20-9-8-19-17(20)25-11-12-2-1-3-15(10-12)21(23)24/h1-7,10H,8-9,11H2. The van der Waals surface area contributed by atoms with E-state index < -0.39 is 4.92 Å². The van der Waals surface area contributed by atoms with Crippen LogP contribution in [0.2, 0.25) is 5.02 Å². The van der Waals surface area contributed by atoms with E-state index in [-0.39, 0.29) is 11.6 Å². The molecule has 1 aliphatic rings. The first-order valence-electron chi connectivity index (χ1n) is 7.52. The molecule has 0 spiro atoms. The number of carbonyl (C=O) groups is 1. The number of amides is 1. The zero-order valence-electron chi connectivity index (χ0n) is 13.1. The number of nitrogens with zero attached hydrogens (tertiary/aromatic N) is 3. The van der Waals surface area contributed by atoms with Crippen LogP contribution in [0.4, 0.5) is 5.69 Å². The third-order valence-electron chi connectivity index (χ3n) is 3.63. The van der Waals surface area contributed by atoms with Crippen molar-refractivity contribution in [3.63, 3.8) is 0 Å². The molecule has 1 aliphatic heterocycles. The molecule has 8 heteroatoms. The minimum absolute atomic E-state index is 0.0561. The lowest BCUT2D eigenvalue weighted by atomic mass is 10.2. The first kappa shape index (κ1) is 17.4. The van der Waals surface area contributed by atoms with Crippen LogP contribution in [0.15, 0.2) is 53.5 Å². The summed E-state index contributed by atoms with van der Waals surface area (Å²) in [6, 6.07) is 13.2. The van der Waals surface area contributed by atoms with Crippen LogP contribution in [0.25, 0.3) is 0 Å². The van der Waals surface area contributed by atoms with Gasteiger partial charge in [-0.3, -0.25) is 24.8 Å². The van der Waals surface area contributed by atoms with Crippen LogP contribution >= 0.6 is 23.4 Å². The van der Waals surface area contributed by atoms with Crippen LogP contribution in [0.5, 0.6) is 0 Å². The molecule has 0 fully saturated rings. The fraction of sp³-hybridized carbons (Fsp3) is 0.176. The van der Waals surface area contributed by atoms with Crippen molar-refractivity contribution < 1.29 is 9.72 Å². The van der Waals surface area contributed by atoms with Crippen LogP contribution in [0.3, 0.4) is 0 Å². The molecule has 0 saturated carbocycles. The van der Waals surface area contributed by atoms with Crippen molar-refractivity contribution in [3.05, 3.63) is 74.8 Å². The van der Waals surface area contributed by atoms with E-state index >= 15 is 0 Å². The monoisotopic (exact) mass is 375 g/mol. The fourth-order valence-corrected chi connectivity index (χ4v) is 3.51. The zero-order valence-corrected chi connectivity index (χ0v) is 14.7. The quantitative estimate of drug-likeness (QED) is 0.598. The molecule has 0 saturated heterocycles. The second-order valence-corrected chi connectivity index (χ2v) is 6.72. The molecule has 3 rings (SSSR count). The van der Waals surface area contributed by atoms with Gasteiger partial charge in [-0.05, 0) is 29.8 Å². The summed E-state index contributed by atoms with van der Waals surface area (Å²) in [6.07, 6.45) is 0.